The number of piperidine rings is 2. The molecule has 16 heteroatoms. The van der Waals surface area contributed by atoms with E-state index in [1.807, 2.05) is 6.26 Å². The van der Waals surface area contributed by atoms with Crippen molar-refractivity contribution < 1.29 is 26.4 Å². The number of nitriles is 1. The van der Waals surface area contributed by atoms with Crippen molar-refractivity contribution in [3.05, 3.63) is 56.6 Å². The van der Waals surface area contributed by atoms with Gasteiger partial charge >= 0.3 is 6.03 Å². The Hall–Kier alpha value is -3.30. The second kappa shape index (κ2) is 19.4. The van der Waals surface area contributed by atoms with Crippen LogP contribution in [0.1, 0.15) is 110 Å². The number of aryl methyl sites for hydroxylation is 4. The number of sulfonamides is 2. The molecule has 4 aliphatic heterocycles. The minimum Gasteiger partial charge on any atom is -0.387 e. The predicted molar refractivity (Wildman–Crippen MR) is 242 cm³/mol. The van der Waals surface area contributed by atoms with Crippen molar-refractivity contribution in [1.29, 1.82) is 5.26 Å². The molecule has 0 unspecified atom stereocenters. The topological polar surface area (TPSA) is 181 Å². The minimum atomic E-state index is -3.67. The molecule has 2 amide bonds. The molecule has 2 aromatic carbocycles. The molecule has 4 saturated heterocycles. The maximum Gasteiger partial charge on any atom is 0.332 e. The number of carbonyl (C=O) groups is 1. The lowest BCUT2D eigenvalue weighted by Crippen LogP contribution is -2.62. The van der Waals surface area contributed by atoms with Crippen molar-refractivity contribution >= 4 is 31.8 Å². The molecule has 4 N–H and O–H groups in total. The smallest absolute Gasteiger partial charge is 0.332 e. The van der Waals surface area contributed by atoms with E-state index in [0.29, 0.717) is 38.3 Å². The van der Waals surface area contributed by atoms with Crippen molar-refractivity contribution in [2.24, 2.45) is 5.14 Å². The number of hydrogen-bond donors (Lipinski definition) is 3. The van der Waals surface area contributed by atoms with Crippen molar-refractivity contribution in [1.82, 2.24) is 24.3 Å². The SMILES string of the molecule is CCN1CCC(N2CC(S(=O)(=O)NC(=O)Nc3c4c(cc5c3CCC5)CCC4)C2)CC1.CCN1CCC(N2CC(S(N)(=O)=O)C2)CC1.N#COc1c2c(cc3c1CCC3)CCC2. The Morgan fingerprint density at radius 1 is 0.677 bits per heavy atom. The zero-order chi connectivity index (χ0) is 43.6. The number of urea groups is 1. The summed E-state index contributed by atoms with van der Waals surface area (Å²) < 4.78 is 55.3. The van der Waals surface area contributed by atoms with E-state index in [2.05, 4.69) is 55.6 Å². The third-order valence-electron chi connectivity index (χ3n) is 15.2. The standard InChI is InChI=1S/C23H34N4O3S.C13H13NO.C10H21N3O2S/c1-2-26-11-9-18(10-12-26)27-14-19(15-27)31(29,30)25-23(28)24-22-20-7-3-5-16(20)13-17-6-4-8-21(17)22;14-8-15-13-11-5-1-3-9(11)7-10-4-2-6-12(10)13;1-2-12-5-3-9(4-6-12)13-7-10(8-13)16(11,14)15/h13,18-19H,2-12,14-15H2,1H3,(H2,24,25,28);7H,1-6H2;9-10H,2-8H2,1H3,(H2,11,14,15). The highest BCUT2D eigenvalue weighted by molar-refractivity contribution is 7.90. The maximum atomic E-state index is 12.8. The van der Waals surface area contributed by atoms with Gasteiger partial charge in [0.25, 0.3) is 6.26 Å². The van der Waals surface area contributed by atoms with Crippen LogP contribution in [0.15, 0.2) is 12.1 Å². The summed E-state index contributed by atoms with van der Waals surface area (Å²) >= 11 is 0. The number of nitrogens with zero attached hydrogens (tertiary/aromatic N) is 5. The van der Waals surface area contributed by atoms with Gasteiger partial charge in [0.15, 0.2) is 0 Å². The number of carbonyl (C=O) groups excluding carboxylic acids is 1. The summed E-state index contributed by atoms with van der Waals surface area (Å²) in [5.74, 6) is 0.903. The second-order valence-corrected chi connectivity index (χ2v) is 22.6. The first-order valence-electron chi connectivity index (χ1n) is 23.5. The fourth-order valence-electron chi connectivity index (χ4n) is 11.4. The summed E-state index contributed by atoms with van der Waals surface area (Å²) in [6.45, 7) is 13.3. The summed E-state index contributed by atoms with van der Waals surface area (Å²) in [6.07, 6.45) is 19.5. The Kier molecular flexibility index (Phi) is 14.2. The number of likely N-dealkylation sites (tertiary alicyclic amines) is 4. The molecular formula is C46H68N8O6S2. The number of ether oxygens (including phenoxy) is 1. The third-order valence-corrected chi connectivity index (χ3v) is 18.1. The first kappa shape index (κ1) is 45.3. The van der Waals surface area contributed by atoms with Crippen molar-refractivity contribution in [3.8, 4) is 12.0 Å². The highest BCUT2D eigenvalue weighted by atomic mass is 32.2. The zero-order valence-corrected chi connectivity index (χ0v) is 38.6. The molecule has 0 aromatic heterocycles. The summed E-state index contributed by atoms with van der Waals surface area (Å²) in [6, 6.07) is 5.08. The van der Waals surface area contributed by atoms with E-state index in [4.69, 9.17) is 15.1 Å². The predicted octanol–water partition coefficient (Wildman–Crippen LogP) is 4.25. The Balaban J connectivity index is 0.000000143. The number of primary sulfonamides is 1. The molecule has 0 bridgehead atoms. The van der Waals surface area contributed by atoms with Gasteiger partial charge in [-0.25, -0.2) is 31.5 Å². The van der Waals surface area contributed by atoms with Crippen molar-refractivity contribution in [2.45, 2.75) is 139 Å². The second-order valence-electron chi connectivity index (χ2n) is 18.8. The van der Waals surface area contributed by atoms with Crippen LogP contribution in [0.25, 0.3) is 0 Å². The molecule has 4 aliphatic carbocycles. The number of nitrogens with two attached hydrogens (primary N) is 1. The van der Waals surface area contributed by atoms with Gasteiger partial charge in [0.1, 0.15) is 16.2 Å². The summed E-state index contributed by atoms with van der Waals surface area (Å²) in [4.78, 5) is 22.1. The quantitative estimate of drug-likeness (QED) is 0.307. The van der Waals surface area contributed by atoms with Gasteiger partial charge in [0.05, 0.1) is 0 Å². The van der Waals surface area contributed by atoms with Gasteiger partial charge in [-0.05, 0) is 187 Å². The molecule has 62 heavy (non-hydrogen) atoms. The molecule has 0 saturated carbocycles. The monoisotopic (exact) mass is 892 g/mol. The summed E-state index contributed by atoms with van der Waals surface area (Å²) in [5, 5.41) is 15.9. The largest absolute Gasteiger partial charge is 0.387 e. The Bertz CT molecular complexity index is 2150. The van der Waals surface area contributed by atoms with Crippen molar-refractivity contribution in [3.63, 3.8) is 0 Å². The van der Waals surface area contributed by atoms with Crippen LogP contribution in [-0.4, -0.2) is 130 Å². The number of nitrogens with one attached hydrogen (secondary N) is 2. The lowest BCUT2D eigenvalue weighted by atomic mass is 9.99. The average molecular weight is 893 g/mol. The summed E-state index contributed by atoms with van der Waals surface area (Å²) in [5.41, 5.74) is 11.4. The average Bonchev–Trinajstić information content (AvgIpc) is 4.05. The molecule has 0 radical (unpaired) electrons. The van der Waals surface area contributed by atoms with Crippen molar-refractivity contribution in [2.75, 3.05) is 70.8 Å². The molecule has 0 spiro atoms. The molecule has 4 heterocycles. The van der Waals surface area contributed by atoms with Gasteiger partial charge in [0, 0.05) is 44.0 Å². The highest BCUT2D eigenvalue weighted by Crippen LogP contribution is 2.41. The Morgan fingerprint density at radius 3 is 1.48 bits per heavy atom. The van der Waals surface area contributed by atoms with Crippen LogP contribution in [0.5, 0.6) is 5.75 Å². The normalized spacial score (nSPS) is 22.4. The minimum absolute atomic E-state index is 0.322. The highest BCUT2D eigenvalue weighted by Gasteiger charge is 2.42. The first-order chi connectivity index (χ1) is 29.8. The van der Waals surface area contributed by atoms with E-state index in [9.17, 15) is 21.6 Å². The van der Waals surface area contributed by atoms with Gasteiger partial charge in [-0.1, -0.05) is 26.0 Å². The van der Waals surface area contributed by atoms with Gasteiger partial charge in [-0.3, -0.25) is 9.80 Å². The molecule has 2 aromatic rings. The van der Waals surface area contributed by atoms with Crippen LogP contribution >= 0.6 is 0 Å². The van der Waals surface area contributed by atoms with Crippen LogP contribution in [0.2, 0.25) is 0 Å². The maximum absolute atomic E-state index is 12.8. The zero-order valence-electron chi connectivity index (χ0n) is 36.9. The molecular weight excluding hydrogens is 825 g/mol. The Labute approximate surface area is 370 Å². The number of rotatable bonds is 9. The van der Waals surface area contributed by atoms with E-state index in [-0.39, 0.29) is 5.25 Å². The molecule has 10 rings (SSSR count). The molecule has 8 aliphatic rings. The van der Waals surface area contributed by atoms with Gasteiger partial charge in [0.2, 0.25) is 20.0 Å². The van der Waals surface area contributed by atoms with Crippen LogP contribution < -0.4 is 19.9 Å². The molecule has 340 valence electrons. The fraction of sp³-hybridized carbons (Fsp3) is 0.696. The Morgan fingerprint density at radius 2 is 1.08 bits per heavy atom. The van der Waals surface area contributed by atoms with E-state index < -0.39 is 31.3 Å². The van der Waals surface area contributed by atoms with Gasteiger partial charge < -0.3 is 19.9 Å². The van der Waals surface area contributed by atoms with E-state index in [1.54, 1.807) is 0 Å². The van der Waals surface area contributed by atoms with Gasteiger partial charge in [-0.2, -0.15) is 0 Å². The fourth-order valence-corrected chi connectivity index (χ4v) is 13.4. The van der Waals surface area contributed by atoms with Crippen LogP contribution in [0.4, 0.5) is 10.5 Å². The number of hydrogen-bond acceptors (Lipinski definition) is 11. The van der Waals surface area contributed by atoms with Crippen LogP contribution in [-0.2, 0) is 71.4 Å². The van der Waals surface area contributed by atoms with Gasteiger partial charge in [-0.15, -0.1) is 5.26 Å². The number of fused-ring (bicyclic) bond motifs is 4. The summed E-state index contributed by atoms with van der Waals surface area (Å²) in [7, 11) is -6.98. The first-order valence-corrected chi connectivity index (χ1v) is 26.7. The van der Waals surface area contributed by atoms with E-state index in [0.717, 1.165) is 141 Å². The number of benzene rings is 2. The third kappa shape index (κ3) is 9.99. The number of anilines is 1. The molecule has 4 fully saturated rings. The molecule has 0 atom stereocenters. The lowest BCUT2D eigenvalue weighted by molar-refractivity contribution is 0.0674. The molecule has 14 nitrogen and oxygen atoms in total. The number of amides is 2. The lowest BCUT2D eigenvalue weighted by Gasteiger charge is -2.46. The van der Waals surface area contributed by atoms with Crippen LogP contribution in [0.3, 0.4) is 0 Å². The van der Waals surface area contributed by atoms with E-state index in [1.165, 1.54) is 57.3 Å². The van der Waals surface area contributed by atoms with Crippen LogP contribution in [0, 0.1) is 11.5 Å². The van der Waals surface area contributed by atoms with E-state index >= 15 is 0 Å².